The number of carbonyl (C=O) groups is 2. The molecular formula is C18H16N2O4. The van der Waals surface area contributed by atoms with Crippen molar-refractivity contribution in [2.45, 2.75) is 6.42 Å². The molecule has 0 N–H and O–H groups in total. The Labute approximate surface area is 139 Å². The van der Waals surface area contributed by atoms with Crippen LogP contribution in [0.1, 0.15) is 11.1 Å². The van der Waals surface area contributed by atoms with Crippen LogP contribution < -0.4 is 4.74 Å². The van der Waals surface area contributed by atoms with Crippen molar-refractivity contribution in [2.24, 2.45) is 0 Å². The van der Waals surface area contributed by atoms with Gasteiger partial charge < -0.3 is 9.47 Å². The maximum atomic E-state index is 12.3. The van der Waals surface area contributed by atoms with Crippen LogP contribution in [-0.4, -0.2) is 35.5 Å². The van der Waals surface area contributed by atoms with E-state index in [0.29, 0.717) is 12.2 Å². The van der Waals surface area contributed by atoms with E-state index in [1.165, 1.54) is 0 Å². The fourth-order valence-electron chi connectivity index (χ4n) is 2.33. The Morgan fingerprint density at radius 3 is 2.50 bits per heavy atom. The van der Waals surface area contributed by atoms with Crippen LogP contribution in [0.3, 0.4) is 0 Å². The molecule has 122 valence electrons. The summed E-state index contributed by atoms with van der Waals surface area (Å²) >= 11 is 0. The molecule has 1 aliphatic heterocycles. The van der Waals surface area contributed by atoms with E-state index in [9.17, 15) is 9.59 Å². The van der Waals surface area contributed by atoms with E-state index in [2.05, 4.69) is 4.98 Å². The van der Waals surface area contributed by atoms with Crippen LogP contribution in [-0.2, 0) is 16.0 Å². The van der Waals surface area contributed by atoms with Gasteiger partial charge in [0.15, 0.2) is 5.76 Å². The first-order valence-electron chi connectivity index (χ1n) is 7.45. The van der Waals surface area contributed by atoms with E-state index < -0.39 is 12.0 Å². The Hall–Kier alpha value is -3.15. The average Bonchev–Trinajstić information content (AvgIpc) is 2.88. The SMILES string of the molecule is COc1ccc(/C=C2/OC(=O)N(CCc3ccncc3)C2=O)cc1. The zero-order valence-corrected chi connectivity index (χ0v) is 13.1. The number of nitrogens with zero attached hydrogens (tertiary/aromatic N) is 2. The number of ether oxygens (including phenoxy) is 2. The minimum Gasteiger partial charge on any atom is -0.497 e. The molecule has 0 spiro atoms. The number of imide groups is 1. The molecule has 6 heteroatoms. The van der Waals surface area contributed by atoms with Crippen molar-refractivity contribution in [3.63, 3.8) is 0 Å². The Morgan fingerprint density at radius 1 is 1.12 bits per heavy atom. The summed E-state index contributed by atoms with van der Waals surface area (Å²) in [5.41, 5.74) is 1.75. The van der Waals surface area contributed by atoms with Crippen LogP contribution in [0.25, 0.3) is 6.08 Å². The lowest BCUT2D eigenvalue weighted by Crippen LogP contribution is -2.30. The highest BCUT2D eigenvalue weighted by molar-refractivity contribution is 6.09. The van der Waals surface area contributed by atoms with Gasteiger partial charge in [-0.2, -0.15) is 0 Å². The van der Waals surface area contributed by atoms with Crippen molar-refractivity contribution < 1.29 is 19.1 Å². The summed E-state index contributed by atoms with van der Waals surface area (Å²) in [5.74, 6) is 0.315. The van der Waals surface area contributed by atoms with Crippen LogP contribution in [0.5, 0.6) is 5.75 Å². The molecule has 3 rings (SSSR count). The summed E-state index contributed by atoms with van der Waals surface area (Å²) in [5, 5.41) is 0. The normalized spacial score (nSPS) is 15.7. The molecule has 0 aliphatic carbocycles. The number of hydrogen-bond acceptors (Lipinski definition) is 5. The number of cyclic esters (lactones) is 1. The van der Waals surface area contributed by atoms with Crippen molar-refractivity contribution in [3.05, 3.63) is 65.7 Å². The first-order valence-corrected chi connectivity index (χ1v) is 7.45. The van der Waals surface area contributed by atoms with Crippen LogP contribution >= 0.6 is 0 Å². The van der Waals surface area contributed by atoms with Crippen LogP contribution in [0.2, 0.25) is 0 Å². The third-order valence-electron chi connectivity index (χ3n) is 3.66. The largest absolute Gasteiger partial charge is 0.497 e. The molecule has 1 fully saturated rings. The standard InChI is InChI=1S/C18H16N2O4/c1-23-15-4-2-14(3-5-15)12-16-17(21)20(18(22)24-16)11-8-13-6-9-19-10-7-13/h2-7,9-10,12H,8,11H2,1H3/b16-12+. The van der Waals surface area contributed by atoms with Crippen LogP contribution in [0.15, 0.2) is 54.6 Å². The molecule has 1 aromatic heterocycles. The second kappa shape index (κ2) is 6.95. The highest BCUT2D eigenvalue weighted by atomic mass is 16.6. The Bertz CT molecular complexity index is 769. The lowest BCUT2D eigenvalue weighted by molar-refractivity contribution is -0.123. The molecule has 0 atom stereocenters. The van der Waals surface area contributed by atoms with Gasteiger partial charge in [-0.05, 0) is 47.9 Å². The number of hydrogen-bond donors (Lipinski definition) is 0. The molecule has 0 bridgehead atoms. The summed E-state index contributed by atoms with van der Waals surface area (Å²) in [7, 11) is 1.58. The summed E-state index contributed by atoms with van der Waals surface area (Å²) in [6, 6.07) is 10.8. The quantitative estimate of drug-likeness (QED) is 0.791. The van der Waals surface area contributed by atoms with Gasteiger partial charge in [0.1, 0.15) is 5.75 Å². The van der Waals surface area contributed by atoms with Gasteiger partial charge in [0.2, 0.25) is 0 Å². The predicted octanol–water partition coefficient (Wildman–Crippen LogP) is 2.65. The molecule has 2 amide bonds. The van der Waals surface area contributed by atoms with Crippen molar-refractivity contribution in [2.75, 3.05) is 13.7 Å². The van der Waals surface area contributed by atoms with E-state index in [0.717, 1.165) is 16.0 Å². The fraction of sp³-hybridized carbons (Fsp3) is 0.167. The molecule has 2 heterocycles. The molecular weight excluding hydrogens is 308 g/mol. The van der Waals surface area contributed by atoms with E-state index in [1.807, 2.05) is 12.1 Å². The zero-order chi connectivity index (χ0) is 16.9. The molecule has 2 aromatic rings. The first kappa shape index (κ1) is 15.7. The van der Waals surface area contributed by atoms with Crippen molar-refractivity contribution >= 4 is 18.1 Å². The van der Waals surface area contributed by atoms with Gasteiger partial charge in [-0.25, -0.2) is 9.69 Å². The van der Waals surface area contributed by atoms with E-state index >= 15 is 0 Å². The number of methoxy groups -OCH3 is 1. The van der Waals surface area contributed by atoms with E-state index in [1.54, 1.807) is 49.8 Å². The summed E-state index contributed by atoms with van der Waals surface area (Å²) < 4.78 is 10.2. The van der Waals surface area contributed by atoms with Gasteiger partial charge in [0.25, 0.3) is 5.91 Å². The van der Waals surface area contributed by atoms with E-state index in [-0.39, 0.29) is 12.3 Å². The van der Waals surface area contributed by atoms with Gasteiger partial charge in [-0.1, -0.05) is 12.1 Å². The van der Waals surface area contributed by atoms with Crippen LogP contribution in [0, 0.1) is 0 Å². The van der Waals surface area contributed by atoms with Gasteiger partial charge in [-0.3, -0.25) is 9.78 Å². The maximum Gasteiger partial charge on any atom is 0.422 e. The number of rotatable bonds is 5. The van der Waals surface area contributed by atoms with Crippen molar-refractivity contribution in [3.8, 4) is 5.75 Å². The number of amides is 2. The number of aromatic nitrogens is 1. The average molecular weight is 324 g/mol. The number of carbonyl (C=O) groups excluding carboxylic acids is 2. The monoisotopic (exact) mass is 324 g/mol. The topological polar surface area (TPSA) is 68.7 Å². The smallest absolute Gasteiger partial charge is 0.422 e. The Morgan fingerprint density at radius 2 is 1.83 bits per heavy atom. The zero-order valence-electron chi connectivity index (χ0n) is 13.1. The Balaban J connectivity index is 1.69. The highest BCUT2D eigenvalue weighted by Crippen LogP contribution is 2.21. The third kappa shape index (κ3) is 3.43. The maximum absolute atomic E-state index is 12.3. The second-order valence-electron chi connectivity index (χ2n) is 5.21. The van der Waals surface area contributed by atoms with Crippen molar-refractivity contribution in [1.29, 1.82) is 0 Å². The molecule has 1 aromatic carbocycles. The molecule has 0 radical (unpaired) electrons. The lowest BCUT2D eigenvalue weighted by Gasteiger charge is -2.09. The minimum absolute atomic E-state index is 0.0277. The number of benzene rings is 1. The van der Waals surface area contributed by atoms with Gasteiger partial charge in [0.05, 0.1) is 7.11 Å². The summed E-state index contributed by atoms with van der Waals surface area (Å²) in [4.78, 5) is 29.3. The summed E-state index contributed by atoms with van der Waals surface area (Å²) in [6.07, 6.45) is 4.81. The second-order valence-corrected chi connectivity index (χ2v) is 5.21. The van der Waals surface area contributed by atoms with Gasteiger partial charge in [0, 0.05) is 18.9 Å². The van der Waals surface area contributed by atoms with E-state index in [4.69, 9.17) is 9.47 Å². The van der Waals surface area contributed by atoms with Crippen molar-refractivity contribution in [1.82, 2.24) is 9.88 Å². The van der Waals surface area contributed by atoms with Gasteiger partial charge >= 0.3 is 6.09 Å². The number of pyridine rings is 1. The van der Waals surface area contributed by atoms with Gasteiger partial charge in [-0.15, -0.1) is 0 Å². The lowest BCUT2D eigenvalue weighted by atomic mass is 10.2. The molecule has 6 nitrogen and oxygen atoms in total. The fourth-order valence-corrected chi connectivity index (χ4v) is 2.33. The molecule has 0 unspecified atom stereocenters. The van der Waals surface area contributed by atoms with Crippen LogP contribution in [0.4, 0.5) is 4.79 Å². The molecule has 24 heavy (non-hydrogen) atoms. The molecule has 1 saturated heterocycles. The highest BCUT2D eigenvalue weighted by Gasteiger charge is 2.35. The Kier molecular flexibility index (Phi) is 4.56. The minimum atomic E-state index is -0.645. The third-order valence-corrected chi connectivity index (χ3v) is 3.66. The predicted molar refractivity (Wildman–Crippen MR) is 87.1 cm³/mol. The molecule has 1 aliphatic rings. The summed E-state index contributed by atoms with van der Waals surface area (Å²) in [6.45, 7) is 0.266. The molecule has 0 saturated carbocycles. The first-order chi connectivity index (χ1) is 11.7.